The van der Waals surface area contributed by atoms with Gasteiger partial charge in [-0.25, -0.2) is 9.78 Å². The van der Waals surface area contributed by atoms with E-state index in [9.17, 15) is 4.79 Å². The third-order valence-corrected chi connectivity index (χ3v) is 2.93. The fraction of sp³-hybridized carbons (Fsp3) is 0.462. The third kappa shape index (κ3) is 2.83. The van der Waals surface area contributed by atoms with Crippen LogP contribution in [0.2, 0.25) is 0 Å². The Morgan fingerprint density at radius 2 is 2.42 bits per heavy atom. The Bertz CT molecular complexity index is 512. The van der Waals surface area contributed by atoms with Gasteiger partial charge >= 0.3 is 5.97 Å². The number of nitrogens with zero attached hydrogens (tertiary/aromatic N) is 3. The second-order valence-corrected chi connectivity index (χ2v) is 4.35. The quantitative estimate of drug-likeness (QED) is 0.730. The van der Waals surface area contributed by atoms with E-state index in [1.165, 1.54) is 7.11 Å². The minimum absolute atomic E-state index is 0.133. The van der Waals surface area contributed by atoms with Crippen LogP contribution >= 0.6 is 0 Å². The molecule has 6 heteroatoms. The van der Waals surface area contributed by atoms with Gasteiger partial charge in [-0.3, -0.25) is 0 Å². The topological polar surface area (TPSA) is 75.5 Å². The molecule has 1 aliphatic heterocycles. The summed E-state index contributed by atoms with van der Waals surface area (Å²) >= 11 is 0. The Balaban J connectivity index is 2.24. The normalized spacial score (nSPS) is 22.7. The van der Waals surface area contributed by atoms with Crippen molar-refractivity contribution in [3.05, 3.63) is 23.9 Å². The highest BCUT2D eigenvalue weighted by Gasteiger charge is 2.32. The van der Waals surface area contributed by atoms with E-state index in [0.717, 1.165) is 0 Å². The Morgan fingerprint density at radius 3 is 3.11 bits per heavy atom. The first kappa shape index (κ1) is 13.3. The largest absolute Gasteiger partial charge is 0.467 e. The maximum absolute atomic E-state index is 11.6. The van der Waals surface area contributed by atoms with Gasteiger partial charge in [0, 0.05) is 12.7 Å². The van der Waals surface area contributed by atoms with E-state index in [1.807, 2.05) is 11.8 Å². The highest BCUT2D eigenvalue weighted by Crippen LogP contribution is 2.21. The second kappa shape index (κ2) is 5.67. The number of morpholine rings is 1. The van der Waals surface area contributed by atoms with Crippen molar-refractivity contribution in [2.45, 2.75) is 19.1 Å². The van der Waals surface area contributed by atoms with Gasteiger partial charge in [-0.1, -0.05) is 0 Å². The maximum Gasteiger partial charge on any atom is 0.336 e. The average molecular weight is 261 g/mol. The number of methoxy groups -OCH3 is 1. The molecule has 0 spiro atoms. The summed E-state index contributed by atoms with van der Waals surface area (Å²) in [6.07, 6.45) is 0.845. The predicted molar refractivity (Wildman–Crippen MR) is 67.5 cm³/mol. The summed E-state index contributed by atoms with van der Waals surface area (Å²) in [4.78, 5) is 17.7. The smallest absolute Gasteiger partial charge is 0.336 e. The summed E-state index contributed by atoms with van der Waals surface area (Å²) in [6, 6.07) is 5.52. The van der Waals surface area contributed by atoms with E-state index >= 15 is 0 Å². The zero-order valence-corrected chi connectivity index (χ0v) is 10.9. The van der Waals surface area contributed by atoms with Gasteiger partial charge in [0.1, 0.15) is 11.9 Å². The molecule has 1 fully saturated rings. The Morgan fingerprint density at radius 1 is 1.63 bits per heavy atom. The highest BCUT2D eigenvalue weighted by atomic mass is 16.6. The molecule has 0 aliphatic carbocycles. The molecule has 1 aliphatic rings. The van der Waals surface area contributed by atoms with Crippen LogP contribution in [-0.4, -0.2) is 43.4 Å². The fourth-order valence-corrected chi connectivity index (χ4v) is 2.12. The number of pyridine rings is 1. The number of hydrogen-bond acceptors (Lipinski definition) is 6. The van der Waals surface area contributed by atoms with Crippen LogP contribution in [0.5, 0.6) is 0 Å². The molecule has 1 saturated heterocycles. The number of esters is 1. The van der Waals surface area contributed by atoms with Crippen LogP contribution in [-0.2, 0) is 14.3 Å². The molecular formula is C13H15N3O3. The zero-order valence-electron chi connectivity index (χ0n) is 10.9. The van der Waals surface area contributed by atoms with Gasteiger partial charge in [-0.2, -0.15) is 5.26 Å². The number of carbonyl (C=O) groups is 1. The lowest BCUT2D eigenvalue weighted by Crippen LogP contribution is -2.50. The van der Waals surface area contributed by atoms with Crippen LogP contribution in [0.3, 0.4) is 0 Å². The molecule has 19 heavy (non-hydrogen) atoms. The Hall–Kier alpha value is -2.13. The van der Waals surface area contributed by atoms with Gasteiger partial charge in [0.15, 0.2) is 6.10 Å². The van der Waals surface area contributed by atoms with E-state index in [4.69, 9.17) is 14.7 Å². The first-order chi connectivity index (χ1) is 9.15. The number of aromatic nitrogens is 1. The summed E-state index contributed by atoms with van der Waals surface area (Å²) in [5.74, 6) is 0.167. The van der Waals surface area contributed by atoms with Crippen molar-refractivity contribution in [2.75, 3.05) is 25.1 Å². The number of carbonyl (C=O) groups excluding carboxylic acids is 1. The number of ether oxygens (including phenoxy) is 2. The Labute approximate surface area is 111 Å². The van der Waals surface area contributed by atoms with E-state index < -0.39 is 12.1 Å². The first-order valence-corrected chi connectivity index (χ1v) is 5.99. The summed E-state index contributed by atoms with van der Waals surface area (Å²) in [7, 11) is 1.33. The third-order valence-electron chi connectivity index (χ3n) is 2.93. The summed E-state index contributed by atoms with van der Waals surface area (Å²) < 4.78 is 10.2. The van der Waals surface area contributed by atoms with Crippen LogP contribution in [0.1, 0.15) is 12.5 Å². The zero-order chi connectivity index (χ0) is 13.8. The van der Waals surface area contributed by atoms with Crippen molar-refractivity contribution in [1.29, 1.82) is 5.26 Å². The van der Waals surface area contributed by atoms with Crippen molar-refractivity contribution in [1.82, 2.24) is 4.98 Å². The molecule has 0 aromatic carbocycles. The van der Waals surface area contributed by atoms with Gasteiger partial charge in [0.25, 0.3) is 0 Å². The molecule has 1 aromatic heterocycles. The van der Waals surface area contributed by atoms with Crippen LogP contribution in [0.4, 0.5) is 5.82 Å². The molecular weight excluding hydrogens is 246 g/mol. The molecule has 1 aromatic rings. The van der Waals surface area contributed by atoms with Crippen molar-refractivity contribution in [2.24, 2.45) is 0 Å². The monoisotopic (exact) mass is 261 g/mol. The molecule has 2 atom stereocenters. The van der Waals surface area contributed by atoms with Crippen LogP contribution in [0.15, 0.2) is 18.3 Å². The molecule has 0 amide bonds. The summed E-state index contributed by atoms with van der Waals surface area (Å²) in [5, 5.41) is 9.10. The molecule has 0 saturated carbocycles. The van der Waals surface area contributed by atoms with E-state index in [-0.39, 0.29) is 6.10 Å². The van der Waals surface area contributed by atoms with Crippen LogP contribution in [0, 0.1) is 11.3 Å². The minimum Gasteiger partial charge on any atom is -0.467 e. The van der Waals surface area contributed by atoms with E-state index in [2.05, 4.69) is 11.1 Å². The number of nitriles is 1. The number of hydrogen-bond donors (Lipinski definition) is 0. The fourth-order valence-electron chi connectivity index (χ4n) is 2.12. The number of rotatable bonds is 2. The molecule has 6 nitrogen and oxygen atoms in total. The van der Waals surface area contributed by atoms with Crippen molar-refractivity contribution >= 4 is 11.8 Å². The SMILES string of the molecule is COC(=O)C1CN(c2ncccc2C#N)C[C@@H](C)O1. The van der Waals surface area contributed by atoms with Gasteiger partial charge in [-0.15, -0.1) is 0 Å². The lowest BCUT2D eigenvalue weighted by Gasteiger charge is -2.36. The van der Waals surface area contributed by atoms with Crippen molar-refractivity contribution in [3.8, 4) is 6.07 Å². The van der Waals surface area contributed by atoms with Gasteiger partial charge in [0.2, 0.25) is 0 Å². The molecule has 2 heterocycles. The highest BCUT2D eigenvalue weighted by molar-refractivity contribution is 5.76. The van der Waals surface area contributed by atoms with Gasteiger partial charge < -0.3 is 14.4 Å². The molecule has 2 rings (SSSR count). The molecule has 0 N–H and O–H groups in total. The van der Waals surface area contributed by atoms with E-state index in [0.29, 0.717) is 24.5 Å². The molecule has 0 bridgehead atoms. The summed E-state index contributed by atoms with van der Waals surface area (Å²) in [6.45, 7) is 2.79. The molecule has 100 valence electrons. The standard InChI is InChI=1S/C13H15N3O3/c1-9-7-16(8-11(19-9)13(17)18-2)12-10(6-14)4-3-5-15-12/h3-5,9,11H,7-8H2,1-2H3/t9-,11?/m1/s1. The van der Waals surface area contributed by atoms with Crippen LogP contribution in [0.25, 0.3) is 0 Å². The molecule has 0 radical (unpaired) electrons. The maximum atomic E-state index is 11.6. The molecule has 1 unspecified atom stereocenters. The second-order valence-electron chi connectivity index (χ2n) is 4.35. The predicted octanol–water partition coefficient (Wildman–Crippen LogP) is 0.720. The van der Waals surface area contributed by atoms with Gasteiger partial charge in [0.05, 0.1) is 25.3 Å². The first-order valence-electron chi connectivity index (χ1n) is 5.99. The van der Waals surface area contributed by atoms with Crippen LogP contribution < -0.4 is 4.90 Å². The van der Waals surface area contributed by atoms with Gasteiger partial charge in [-0.05, 0) is 19.1 Å². The Kier molecular flexibility index (Phi) is 3.97. The lowest BCUT2D eigenvalue weighted by atomic mass is 10.2. The average Bonchev–Trinajstić information content (AvgIpc) is 2.45. The van der Waals surface area contributed by atoms with E-state index in [1.54, 1.807) is 18.3 Å². The number of anilines is 1. The lowest BCUT2D eigenvalue weighted by molar-refractivity contribution is -0.158. The van der Waals surface area contributed by atoms with Crippen molar-refractivity contribution in [3.63, 3.8) is 0 Å². The summed E-state index contributed by atoms with van der Waals surface area (Å²) in [5.41, 5.74) is 0.486. The minimum atomic E-state index is -0.651. The van der Waals surface area contributed by atoms with Crippen molar-refractivity contribution < 1.29 is 14.3 Å².